The molecule has 2 aromatic carbocycles. The van der Waals surface area contributed by atoms with Gasteiger partial charge in [-0.05, 0) is 18.2 Å². The van der Waals surface area contributed by atoms with E-state index < -0.39 is 30.0 Å². The summed E-state index contributed by atoms with van der Waals surface area (Å²) in [6.45, 7) is 0. The van der Waals surface area contributed by atoms with Crippen molar-refractivity contribution in [3.8, 4) is 0 Å². The highest BCUT2D eigenvalue weighted by Gasteiger charge is 2.20. The van der Waals surface area contributed by atoms with Crippen LogP contribution >= 0.6 is 0 Å². The van der Waals surface area contributed by atoms with Crippen molar-refractivity contribution < 1.29 is 25.9 Å². The van der Waals surface area contributed by atoms with Crippen molar-refractivity contribution in [3.05, 3.63) is 36.4 Å². The molecule has 0 amide bonds. The van der Waals surface area contributed by atoms with Crippen LogP contribution in [0.1, 0.15) is 0 Å². The fraction of sp³-hybridized carbons (Fsp3) is 0. The van der Waals surface area contributed by atoms with Crippen molar-refractivity contribution in [2.75, 3.05) is 0 Å². The largest absolute Gasteiger partial charge is 0.295 e. The molecule has 2 rings (SSSR count). The van der Waals surface area contributed by atoms with Gasteiger partial charge in [0, 0.05) is 10.8 Å². The van der Waals surface area contributed by atoms with Gasteiger partial charge in [0.2, 0.25) is 0 Å². The minimum atomic E-state index is -4.50. The Balaban J connectivity index is 3.01. The second-order valence-electron chi connectivity index (χ2n) is 3.47. The first kappa shape index (κ1) is 13.0. The van der Waals surface area contributed by atoms with E-state index in [0.29, 0.717) is 0 Å². The van der Waals surface area contributed by atoms with E-state index in [1.54, 1.807) is 0 Å². The number of hydrogen-bond acceptors (Lipinski definition) is 4. The molecule has 0 saturated carbocycles. The monoisotopic (exact) mass is 287 g/mol. The van der Waals surface area contributed by atoms with E-state index in [4.69, 9.17) is 9.11 Å². The van der Waals surface area contributed by atoms with Crippen molar-refractivity contribution in [2.24, 2.45) is 0 Å². The van der Waals surface area contributed by atoms with E-state index in [1.165, 1.54) is 18.2 Å². The Morgan fingerprint density at radius 3 is 2.00 bits per heavy atom. The van der Waals surface area contributed by atoms with Gasteiger partial charge in [-0.2, -0.15) is 16.8 Å². The van der Waals surface area contributed by atoms with E-state index >= 15 is 0 Å². The lowest BCUT2D eigenvalue weighted by Gasteiger charge is -2.06. The molecular formula is C10H7O6S2. The fourth-order valence-corrected chi connectivity index (χ4v) is 2.97. The second-order valence-corrected chi connectivity index (χ2v) is 6.25. The normalized spacial score (nSPS) is 12.8. The van der Waals surface area contributed by atoms with Crippen LogP contribution in [0.15, 0.2) is 40.1 Å². The van der Waals surface area contributed by atoms with Gasteiger partial charge in [0.1, 0.15) is 9.79 Å². The minimum absolute atomic E-state index is 0.0323. The number of benzene rings is 2. The predicted octanol–water partition coefficient (Wildman–Crippen LogP) is 1.13. The summed E-state index contributed by atoms with van der Waals surface area (Å²) in [6, 6.07) is 8.45. The first-order valence-corrected chi connectivity index (χ1v) is 7.47. The molecule has 0 fully saturated rings. The Kier molecular flexibility index (Phi) is 2.90. The topological polar surface area (TPSA) is 109 Å². The Morgan fingerprint density at radius 1 is 0.889 bits per heavy atom. The summed E-state index contributed by atoms with van der Waals surface area (Å²) in [7, 11) is -8.99. The van der Waals surface area contributed by atoms with Crippen molar-refractivity contribution in [3.63, 3.8) is 0 Å². The van der Waals surface area contributed by atoms with E-state index in [9.17, 15) is 16.8 Å². The first-order valence-electron chi connectivity index (χ1n) is 4.59. The standard InChI is InChI=1S/C10H7O6S2/c11-17(12,13)9-5-6-10(18(14,15)16)8-4-2-1-3-7(8)9/h1-3,5-6H,(H,11,12,13)(H,14,15,16). The van der Waals surface area contributed by atoms with Crippen molar-refractivity contribution in [1.82, 2.24) is 0 Å². The minimum Gasteiger partial charge on any atom is -0.282 e. The highest BCUT2D eigenvalue weighted by Crippen LogP contribution is 2.28. The third-order valence-electron chi connectivity index (χ3n) is 2.31. The molecule has 18 heavy (non-hydrogen) atoms. The molecule has 2 N–H and O–H groups in total. The molecule has 0 unspecified atom stereocenters. The molecule has 2 aromatic rings. The maximum absolute atomic E-state index is 11.1. The second kappa shape index (κ2) is 4.02. The SMILES string of the molecule is O=S(=O)(O)c1ccc(S(=O)(=O)O)c2ccc[c]c12. The lowest BCUT2D eigenvalue weighted by molar-refractivity contribution is 0.480. The van der Waals surface area contributed by atoms with E-state index in [0.717, 1.165) is 12.1 Å². The van der Waals surface area contributed by atoms with Gasteiger partial charge >= 0.3 is 0 Å². The Bertz CT molecular complexity index is 750. The molecular weight excluding hydrogens is 280 g/mol. The van der Waals surface area contributed by atoms with Crippen LogP contribution in [-0.2, 0) is 20.2 Å². The predicted molar refractivity (Wildman–Crippen MR) is 62.4 cm³/mol. The van der Waals surface area contributed by atoms with Gasteiger partial charge in [-0.15, -0.1) is 0 Å². The van der Waals surface area contributed by atoms with Gasteiger partial charge in [-0.3, -0.25) is 9.11 Å². The van der Waals surface area contributed by atoms with Crippen LogP contribution in [0.25, 0.3) is 10.8 Å². The molecule has 6 nitrogen and oxygen atoms in total. The van der Waals surface area contributed by atoms with Crippen LogP contribution in [0.2, 0.25) is 0 Å². The average Bonchev–Trinajstić information content (AvgIpc) is 2.24. The number of hydrogen-bond donors (Lipinski definition) is 2. The van der Waals surface area contributed by atoms with E-state index in [2.05, 4.69) is 6.07 Å². The zero-order chi connectivity index (χ0) is 13.6. The van der Waals surface area contributed by atoms with Gasteiger partial charge < -0.3 is 0 Å². The zero-order valence-electron chi connectivity index (χ0n) is 8.73. The average molecular weight is 287 g/mol. The summed E-state index contributed by atoms with van der Waals surface area (Å²) in [5, 5.41) is -0.134. The molecule has 0 bridgehead atoms. The third-order valence-corrected chi connectivity index (χ3v) is 4.12. The molecule has 0 aliphatic heterocycles. The summed E-state index contributed by atoms with van der Waals surface area (Å²) in [6.07, 6.45) is 0. The molecule has 0 saturated heterocycles. The lowest BCUT2D eigenvalue weighted by atomic mass is 10.1. The first-order chi connectivity index (χ1) is 8.21. The van der Waals surface area contributed by atoms with Crippen LogP contribution in [-0.4, -0.2) is 25.9 Å². The van der Waals surface area contributed by atoms with Crippen molar-refractivity contribution in [1.29, 1.82) is 0 Å². The number of fused-ring (bicyclic) bond motifs is 1. The van der Waals surface area contributed by atoms with E-state index in [1.807, 2.05) is 0 Å². The molecule has 0 aliphatic rings. The molecule has 95 valence electrons. The Morgan fingerprint density at radius 2 is 1.44 bits per heavy atom. The van der Waals surface area contributed by atoms with Crippen LogP contribution in [0.3, 0.4) is 0 Å². The van der Waals surface area contributed by atoms with Gasteiger partial charge in [-0.25, -0.2) is 0 Å². The fourth-order valence-electron chi connectivity index (χ4n) is 1.61. The molecule has 8 heteroatoms. The molecule has 0 spiro atoms. The van der Waals surface area contributed by atoms with Gasteiger partial charge in [0.25, 0.3) is 20.2 Å². The summed E-state index contributed by atoms with van der Waals surface area (Å²) in [4.78, 5) is -0.910. The van der Waals surface area contributed by atoms with Gasteiger partial charge in [0.05, 0.1) is 0 Å². The molecule has 1 radical (unpaired) electrons. The molecule has 0 aliphatic carbocycles. The zero-order valence-corrected chi connectivity index (χ0v) is 10.4. The number of rotatable bonds is 2. The maximum Gasteiger partial charge on any atom is 0.295 e. The lowest BCUT2D eigenvalue weighted by Crippen LogP contribution is -2.03. The summed E-state index contributed by atoms with van der Waals surface area (Å²) < 4.78 is 62.6. The van der Waals surface area contributed by atoms with Gasteiger partial charge in [-0.1, -0.05) is 18.2 Å². The summed E-state index contributed by atoms with van der Waals surface area (Å²) in [5.74, 6) is 0. The highest BCUT2D eigenvalue weighted by atomic mass is 32.2. The molecule has 0 heterocycles. The quantitative estimate of drug-likeness (QED) is 0.801. The van der Waals surface area contributed by atoms with Crippen molar-refractivity contribution >= 4 is 31.0 Å². The Labute approximate surface area is 103 Å². The van der Waals surface area contributed by atoms with Crippen LogP contribution in [0.4, 0.5) is 0 Å². The smallest absolute Gasteiger partial charge is 0.282 e. The van der Waals surface area contributed by atoms with E-state index in [-0.39, 0.29) is 10.8 Å². The highest BCUT2D eigenvalue weighted by molar-refractivity contribution is 7.86. The van der Waals surface area contributed by atoms with Crippen LogP contribution in [0.5, 0.6) is 0 Å². The van der Waals surface area contributed by atoms with Gasteiger partial charge in [0.15, 0.2) is 0 Å². The Hall–Kier alpha value is -1.48. The summed E-state index contributed by atoms with van der Waals surface area (Å²) in [5.41, 5.74) is 0. The molecule has 0 atom stereocenters. The maximum atomic E-state index is 11.1. The molecule has 0 aromatic heterocycles. The van der Waals surface area contributed by atoms with Crippen LogP contribution < -0.4 is 0 Å². The van der Waals surface area contributed by atoms with Crippen molar-refractivity contribution in [2.45, 2.75) is 9.79 Å². The third kappa shape index (κ3) is 2.23. The summed E-state index contributed by atoms with van der Waals surface area (Å²) >= 11 is 0. The van der Waals surface area contributed by atoms with Crippen LogP contribution in [0, 0.1) is 6.07 Å².